The number of hydrogen-bond donors (Lipinski definition) is 1. The fourth-order valence-electron chi connectivity index (χ4n) is 4.13. The van der Waals surface area contributed by atoms with E-state index < -0.39 is 5.60 Å². The van der Waals surface area contributed by atoms with Crippen LogP contribution in [0.15, 0.2) is 162 Å². The standard InChI is InChI=1S/C18H14ClNO.C12H9NO.C6H4BrCl.C4H9.Li/c19-16-10-6-9-15(13-16)18(21,14-7-2-1-3-8-14)17-11-4-5-12-20-17;14-12(10-6-2-1-3-7-10)11-8-4-5-9-13-11;7-5-2-1-3-6(8)4-5;1-3-4-2;/h1-13,21H;1-9H;1-4H;1,3-4H2,2H3;/q;;;-1;+1. The predicted molar refractivity (Wildman–Crippen MR) is 198 cm³/mol. The molecule has 0 amide bonds. The van der Waals surface area contributed by atoms with Crippen molar-refractivity contribution < 1.29 is 28.8 Å². The SMILES string of the molecule is Clc1cccc(Br)c1.O=C(c1ccccc1)c1ccccn1.OC(c1ccccc1)(c1cccc(Cl)c1)c1ccccn1.[CH2-]CCC.[Li+]. The largest absolute Gasteiger partial charge is 1.00 e. The van der Waals surface area contributed by atoms with Crippen LogP contribution < -0.4 is 18.9 Å². The topological polar surface area (TPSA) is 63.1 Å². The molecule has 0 saturated carbocycles. The second-order valence-corrected chi connectivity index (χ2v) is 11.8. The first-order chi connectivity index (χ1) is 22.8. The van der Waals surface area contributed by atoms with Gasteiger partial charge in [-0.1, -0.05) is 143 Å². The predicted octanol–water partition coefficient (Wildman–Crippen LogP) is 8.06. The molecule has 0 spiro atoms. The summed E-state index contributed by atoms with van der Waals surface area (Å²) in [6.07, 6.45) is 5.57. The summed E-state index contributed by atoms with van der Waals surface area (Å²) in [5.41, 5.74) is 1.85. The Labute approximate surface area is 314 Å². The third-order valence-electron chi connectivity index (χ3n) is 6.54. The minimum Gasteiger partial charge on any atom is -0.374 e. The Kier molecular flexibility index (Phi) is 18.8. The first kappa shape index (κ1) is 40.6. The van der Waals surface area contributed by atoms with Crippen molar-refractivity contribution in [1.29, 1.82) is 0 Å². The second-order valence-electron chi connectivity index (χ2n) is 10.0. The van der Waals surface area contributed by atoms with Gasteiger partial charge in [-0.3, -0.25) is 14.8 Å². The van der Waals surface area contributed by atoms with Crippen molar-refractivity contribution in [3.63, 3.8) is 0 Å². The van der Waals surface area contributed by atoms with Crippen LogP contribution in [0.3, 0.4) is 0 Å². The Hall–Kier alpha value is -3.53. The van der Waals surface area contributed by atoms with Gasteiger partial charge in [-0.25, -0.2) is 0 Å². The number of carbonyl (C=O) groups excluding carboxylic acids is 1. The van der Waals surface area contributed by atoms with Gasteiger partial charge in [0, 0.05) is 32.5 Å². The van der Waals surface area contributed by atoms with E-state index in [1.807, 2.05) is 109 Å². The maximum atomic E-state index is 11.8. The van der Waals surface area contributed by atoms with Gasteiger partial charge in [0.05, 0.1) is 5.69 Å². The Bertz CT molecular complexity index is 1660. The first-order valence-electron chi connectivity index (χ1n) is 15.0. The number of aromatic nitrogens is 2. The minimum atomic E-state index is -1.33. The molecule has 8 heteroatoms. The Balaban J connectivity index is 0.000000255. The Morgan fingerprint density at radius 1 is 0.708 bits per heavy atom. The summed E-state index contributed by atoms with van der Waals surface area (Å²) in [4.78, 5) is 20.1. The summed E-state index contributed by atoms with van der Waals surface area (Å²) in [6.45, 7) is 5.72. The van der Waals surface area contributed by atoms with Gasteiger partial charge in [0.25, 0.3) is 0 Å². The van der Waals surface area contributed by atoms with Gasteiger partial charge in [0.1, 0.15) is 5.69 Å². The van der Waals surface area contributed by atoms with Gasteiger partial charge in [-0.2, -0.15) is 6.42 Å². The number of ketones is 1. The monoisotopic (exact) mass is 732 g/mol. The molecule has 2 aromatic heterocycles. The smallest absolute Gasteiger partial charge is 0.374 e. The van der Waals surface area contributed by atoms with E-state index in [0.29, 0.717) is 27.5 Å². The molecule has 1 unspecified atom stereocenters. The van der Waals surface area contributed by atoms with Crippen molar-refractivity contribution in [2.45, 2.75) is 25.4 Å². The normalized spacial score (nSPS) is 11.0. The van der Waals surface area contributed by atoms with E-state index in [-0.39, 0.29) is 24.6 Å². The van der Waals surface area contributed by atoms with Gasteiger partial charge < -0.3 is 12.0 Å². The number of rotatable bonds is 6. The van der Waals surface area contributed by atoms with E-state index >= 15 is 0 Å². The molecule has 6 aromatic rings. The van der Waals surface area contributed by atoms with Crippen molar-refractivity contribution in [2.24, 2.45) is 0 Å². The van der Waals surface area contributed by atoms with Gasteiger partial charge in [0.2, 0.25) is 5.78 Å². The summed E-state index contributed by atoms with van der Waals surface area (Å²) in [7, 11) is 0. The van der Waals surface area contributed by atoms with E-state index in [1.165, 1.54) is 6.42 Å². The number of pyridine rings is 2. The zero-order valence-corrected chi connectivity index (χ0v) is 30.1. The molecule has 0 radical (unpaired) electrons. The number of carbonyl (C=O) groups is 1. The number of halogens is 3. The van der Waals surface area contributed by atoms with Crippen LogP contribution in [0.4, 0.5) is 0 Å². The molecule has 1 N–H and O–H groups in total. The maximum Gasteiger partial charge on any atom is 1.00 e. The van der Waals surface area contributed by atoms with Gasteiger partial charge in [0.15, 0.2) is 5.60 Å². The zero-order chi connectivity index (χ0) is 33.9. The molecule has 2 heterocycles. The van der Waals surface area contributed by atoms with Crippen LogP contribution in [0.2, 0.25) is 10.0 Å². The van der Waals surface area contributed by atoms with Crippen molar-refractivity contribution in [3.8, 4) is 0 Å². The average Bonchev–Trinajstić information content (AvgIpc) is 3.13. The van der Waals surface area contributed by atoms with Crippen molar-refractivity contribution in [1.82, 2.24) is 9.97 Å². The fraction of sp³-hybridized carbons (Fsp3) is 0.100. The fourth-order valence-corrected chi connectivity index (χ4v) is 5.04. The molecule has 0 saturated heterocycles. The van der Waals surface area contributed by atoms with E-state index in [2.05, 4.69) is 39.7 Å². The summed E-state index contributed by atoms with van der Waals surface area (Å²) >= 11 is 15.0. The Morgan fingerprint density at radius 3 is 1.71 bits per heavy atom. The summed E-state index contributed by atoms with van der Waals surface area (Å²) < 4.78 is 1.02. The number of aliphatic hydroxyl groups is 1. The molecule has 0 fully saturated rings. The van der Waals surface area contributed by atoms with Gasteiger partial charge >= 0.3 is 18.9 Å². The van der Waals surface area contributed by atoms with Crippen LogP contribution >= 0.6 is 39.1 Å². The molecule has 0 aliphatic heterocycles. The second kappa shape index (κ2) is 22.2. The number of unbranched alkanes of at least 4 members (excludes halogenated alkanes) is 1. The number of nitrogens with zero attached hydrogens (tertiary/aromatic N) is 2. The van der Waals surface area contributed by atoms with Gasteiger partial charge in [-0.15, -0.1) is 0 Å². The average molecular weight is 734 g/mol. The number of hydrogen-bond acceptors (Lipinski definition) is 4. The molecule has 4 nitrogen and oxygen atoms in total. The Morgan fingerprint density at radius 2 is 1.23 bits per heavy atom. The van der Waals surface area contributed by atoms with Crippen LogP contribution in [-0.4, -0.2) is 20.9 Å². The van der Waals surface area contributed by atoms with Crippen molar-refractivity contribution >= 4 is 44.9 Å². The zero-order valence-electron chi connectivity index (χ0n) is 27.0. The van der Waals surface area contributed by atoms with Crippen molar-refractivity contribution in [2.75, 3.05) is 0 Å². The molecule has 0 aliphatic rings. The van der Waals surface area contributed by atoms with Gasteiger partial charge in [-0.05, 0) is 65.7 Å². The molecule has 0 bridgehead atoms. The maximum absolute atomic E-state index is 11.8. The molecule has 4 aromatic carbocycles. The molecular formula is C40H36BrCl2LiN2O2. The third kappa shape index (κ3) is 12.8. The van der Waals surface area contributed by atoms with E-state index in [1.54, 1.807) is 48.8 Å². The third-order valence-corrected chi connectivity index (χ3v) is 7.51. The van der Waals surface area contributed by atoms with Crippen LogP contribution in [0.1, 0.15) is 52.6 Å². The molecule has 240 valence electrons. The quantitative estimate of drug-likeness (QED) is 0.107. The van der Waals surface area contributed by atoms with Crippen molar-refractivity contribution in [3.05, 3.63) is 208 Å². The van der Waals surface area contributed by atoms with Crippen LogP contribution in [0, 0.1) is 6.92 Å². The molecular weight excluding hydrogens is 698 g/mol. The van der Waals surface area contributed by atoms with E-state index in [9.17, 15) is 9.90 Å². The van der Waals surface area contributed by atoms with E-state index in [0.717, 1.165) is 21.5 Å². The molecule has 0 aliphatic carbocycles. The van der Waals surface area contributed by atoms with E-state index in [4.69, 9.17) is 23.2 Å². The van der Waals surface area contributed by atoms with Crippen LogP contribution in [-0.2, 0) is 5.60 Å². The first-order valence-corrected chi connectivity index (χ1v) is 16.5. The molecule has 48 heavy (non-hydrogen) atoms. The minimum absolute atomic E-state index is 0. The summed E-state index contributed by atoms with van der Waals surface area (Å²) in [5.74, 6) is -0.0359. The van der Waals surface area contributed by atoms with Crippen LogP contribution in [0.5, 0.6) is 0 Å². The molecule has 1 atom stereocenters. The van der Waals surface area contributed by atoms with Crippen LogP contribution in [0.25, 0.3) is 0 Å². The molecule has 6 rings (SSSR count). The summed E-state index contributed by atoms with van der Waals surface area (Å²) in [5, 5.41) is 12.8. The summed E-state index contributed by atoms with van der Waals surface area (Å²) in [6, 6.07) is 44.2. The number of benzene rings is 4.